The summed E-state index contributed by atoms with van der Waals surface area (Å²) in [7, 11) is 0. The maximum Gasteiger partial charge on any atom is 0.419 e. The van der Waals surface area contributed by atoms with Crippen molar-refractivity contribution in [2.75, 3.05) is 16.4 Å². The van der Waals surface area contributed by atoms with E-state index in [1.165, 1.54) is 9.80 Å². The first-order chi connectivity index (χ1) is 20.1. The molecule has 0 aliphatic carbocycles. The minimum atomic E-state index is -1.18. The van der Waals surface area contributed by atoms with Crippen LogP contribution in [0, 0.1) is 5.92 Å². The molecule has 1 aliphatic rings. The minimum Gasteiger partial charge on any atom is -0.446 e. The third kappa shape index (κ3) is 6.40. The summed E-state index contributed by atoms with van der Waals surface area (Å²) in [5.74, 6) is -0.504. The van der Waals surface area contributed by atoms with Crippen LogP contribution < -0.4 is 9.80 Å². The molecule has 4 atom stereocenters. The zero-order valence-electron chi connectivity index (χ0n) is 22.7. The number of carbonyl (C=O) groups excluding carboxylic acids is 2. The van der Waals surface area contributed by atoms with Crippen LogP contribution in [-0.2, 0) is 14.2 Å². The summed E-state index contributed by atoms with van der Waals surface area (Å²) >= 11 is 0. The maximum absolute atomic E-state index is 13.7. The van der Waals surface area contributed by atoms with Crippen molar-refractivity contribution in [3.63, 3.8) is 0 Å². The predicted octanol–water partition coefficient (Wildman–Crippen LogP) is 7.05. The van der Waals surface area contributed by atoms with E-state index < -0.39 is 36.6 Å². The van der Waals surface area contributed by atoms with Gasteiger partial charge in [0.05, 0.1) is 22.7 Å². The lowest BCUT2D eigenvalue weighted by atomic mass is 9.98. The molecule has 0 spiro atoms. The van der Waals surface area contributed by atoms with E-state index in [4.69, 9.17) is 14.2 Å². The molecule has 0 radical (unpaired) electrons. The van der Waals surface area contributed by atoms with E-state index in [0.717, 1.165) is 0 Å². The fourth-order valence-corrected chi connectivity index (χ4v) is 4.94. The third-order valence-electron chi connectivity index (χ3n) is 6.97. The van der Waals surface area contributed by atoms with E-state index in [-0.39, 0.29) is 6.61 Å². The highest BCUT2D eigenvalue weighted by atomic mass is 16.7. The second kappa shape index (κ2) is 13.1. The topological polar surface area (TPSA) is 88.5 Å². The number of hydrogen-bond acceptors (Lipinski definition) is 6. The molecule has 0 unspecified atom stereocenters. The summed E-state index contributed by atoms with van der Waals surface area (Å²) in [6, 6.07) is 36.6. The van der Waals surface area contributed by atoms with E-state index in [0.29, 0.717) is 29.2 Å². The number of hydrogen-bond donors (Lipinski definition) is 1. The smallest absolute Gasteiger partial charge is 0.419 e. The molecule has 0 aromatic heterocycles. The molecular formula is C33H32N2O6. The molecule has 0 saturated carbocycles. The van der Waals surface area contributed by atoms with Gasteiger partial charge >= 0.3 is 12.2 Å². The molecule has 4 aromatic carbocycles. The number of carbonyl (C=O) groups is 2. The molecule has 41 heavy (non-hydrogen) atoms. The summed E-state index contributed by atoms with van der Waals surface area (Å²) in [6.07, 6.45) is -3.67. The first-order valence-electron chi connectivity index (χ1n) is 13.6. The molecule has 1 fully saturated rings. The second-order valence-electron chi connectivity index (χ2n) is 9.58. The van der Waals surface area contributed by atoms with Gasteiger partial charge in [-0.2, -0.15) is 0 Å². The number of para-hydroxylation sites is 4. The highest BCUT2D eigenvalue weighted by Crippen LogP contribution is 2.34. The van der Waals surface area contributed by atoms with Crippen molar-refractivity contribution >= 4 is 34.9 Å². The van der Waals surface area contributed by atoms with Gasteiger partial charge in [0.15, 0.2) is 6.29 Å². The van der Waals surface area contributed by atoms with Crippen LogP contribution in [0.25, 0.3) is 0 Å². The van der Waals surface area contributed by atoms with Crippen LogP contribution in [0.4, 0.5) is 32.3 Å². The van der Waals surface area contributed by atoms with Crippen molar-refractivity contribution in [2.45, 2.75) is 31.8 Å². The normalized spacial score (nSPS) is 19.8. The van der Waals surface area contributed by atoms with Crippen LogP contribution in [-0.4, -0.2) is 42.4 Å². The van der Waals surface area contributed by atoms with Gasteiger partial charge in [0, 0.05) is 5.92 Å². The van der Waals surface area contributed by atoms with Crippen LogP contribution in [0.5, 0.6) is 0 Å². The first kappa shape index (κ1) is 27.9. The predicted molar refractivity (Wildman–Crippen MR) is 156 cm³/mol. The van der Waals surface area contributed by atoms with Gasteiger partial charge in [0.25, 0.3) is 0 Å². The van der Waals surface area contributed by atoms with Gasteiger partial charge in [-0.15, -0.1) is 0 Å². The van der Waals surface area contributed by atoms with E-state index >= 15 is 0 Å². The highest BCUT2D eigenvalue weighted by Gasteiger charge is 2.47. The lowest BCUT2D eigenvalue weighted by molar-refractivity contribution is -0.118. The Kier molecular flexibility index (Phi) is 8.93. The van der Waals surface area contributed by atoms with E-state index in [9.17, 15) is 14.7 Å². The Morgan fingerprint density at radius 3 is 1.46 bits per heavy atom. The Balaban J connectivity index is 1.36. The Labute approximate surface area is 239 Å². The Hall–Kier alpha value is -4.66. The number of nitrogens with zero attached hydrogens (tertiary/aromatic N) is 2. The maximum atomic E-state index is 13.7. The molecule has 4 aromatic rings. The molecule has 1 aliphatic heterocycles. The van der Waals surface area contributed by atoms with Crippen molar-refractivity contribution in [1.82, 2.24) is 0 Å². The van der Waals surface area contributed by atoms with Crippen LogP contribution in [0.15, 0.2) is 121 Å². The summed E-state index contributed by atoms with van der Waals surface area (Å²) in [6.45, 7) is 1.66. The number of benzene rings is 4. The fourth-order valence-electron chi connectivity index (χ4n) is 4.94. The first-order valence-corrected chi connectivity index (χ1v) is 13.6. The molecule has 1 saturated heterocycles. The van der Waals surface area contributed by atoms with Gasteiger partial charge in [-0.25, -0.2) is 19.4 Å². The Morgan fingerprint density at radius 1 is 0.683 bits per heavy atom. The van der Waals surface area contributed by atoms with Gasteiger partial charge in [-0.1, -0.05) is 79.7 Å². The third-order valence-corrected chi connectivity index (χ3v) is 6.97. The zero-order chi connectivity index (χ0) is 28.6. The molecule has 210 valence electrons. The van der Waals surface area contributed by atoms with Gasteiger partial charge in [-0.05, 0) is 55.0 Å². The van der Waals surface area contributed by atoms with Crippen LogP contribution in [0.3, 0.4) is 0 Å². The quantitative estimate of drug-likeness (QED) is 0.252. The number of rotatable bonds is 8. The van der Waals surface area contributed by atoms with Crippen molar-refractivity contribution in [3.05, 3.63) is 121 Å². The monoisotopic (exact) mass is 552 g/mol. The number of aliphatic hydroxyl groups is 1. The summed E-state index contributed by atoms with van der Waals surface area (Å²) in [5, 5.41) is 10.7. The lowest BCUT2D eigenvalue weighted by Crippen LogP contribution is -2.40. The van der Waals surface area contributed by atoms with Crippen LogP contribution in [0.1, 0.15) is 13.3 Å². The van der Waals surface area contributed by atoms with Crippen LogP contribution in [0.2, 0.25) is 0 Å². The largest absolute Gasteiger partial charge is 0.446 e. The standard InChI is InChI=1S/C33H32N2O6/c1-2-28-30(41-33(38)35(26-19-11-5-12-20-26)27-21-13-6-14-22-27)29(40-31(28)36)23-39-32(37)34(24-15-7-3-8-16-24)25-17-9-4-10-18-25/h3-22,28-31,36H,2,23H2,1H3/t28-,29+,30-,31+/m0/s1. The molecule has 8 nitrogen and oxygen atoms in total. The molecule has 5 rings (SSSR count). The molecule has 8 heteroatoms. The van der Waals surface area contributed by atoms with E-state index in [1.54, 1.807) is 0 Å². The number of ether oxygens (including phenoxy) is 3. The highest BCUT2D eigenvalue weighted by molar-refractivity contribution is 5.96. The van der Waals surface area contributed by atoms with Crippen LogP contribution >= 0.6 is 0 Å². The van der Waals surface area contributed by atoms with Crippen molar-refractivity contribution in [3.8, 4) is 0 Å². The van der Waals surface area contributed by atoms with E-state index in [1.807, 2.05) is 128 Å². The summed E-state index contributed by atoms with van der Waals surface area (Å²) in [5.41, 5.74) is 2.51. The van der Waals surface area contributed by atoms with Gasteiger partial charge in [0.1, 0.15) is 18.8 Å². The number of aliphatic hydroxyl groups excluding tert-OH is 1. The zero-order valence-corrected chi connectivity index (χ0v) is 22.7. The van der Waals surface area contributed by atoms with Crippen molar-refractivity contribution in [2.24, 2.45) is 5.92 Å². The SMILES string of the molecule is CC[C@H]1[C@H](OC(=O)N(c2ccccc2)c2ccccc2)[C@@H](COC(=O)N(c2ccccc2)c2ccccc2)O[C@H]1O. The second-order valence-corrected chi connectivity index (χ2v) is 9.58. The fraction of sp³-hybridized carbons (Fsp3) is 0.212. The minimum absolute atomic E-state index is 0.225. The van der Waals surface area contributed by atoms with Crippen molar-refractivity contribution < 1.29 is 28.9 Å². The molecule has 0 bridgehead atoms. The molecular weight excluding hydrogens is 520 g/mol. The van der Waals surface area contributed by atoms with Gasteiger partial charge in [0.2, 0.25) is 0 Å². The molecule has 1 N–H and O–H groups in total. The number of amides is 2. The van der Waals surface area contributed by atoms with Gasteiger partial charge < -0.3 is 19.3 Å². The lowest BCUT2D eigenvalue weighted by Gasteiger charge is -2.28. The average molecular weight is 553 g/mol. The summed E-state index contributed by atoms with van der Waals surface area (Å²) in [4.78, 5) is 30.0. The molecule has 1 heterocycles. The Bertz CT molecular complexity index is 1330. The van der Waals surface area contributed by atoms with Crippen molar-refractivity contribution in [1.29, 1.82) is 0 Å². The number of anilines is 4. The summed E-state index contributed by atoms with van der Waals surface area (Å²) < 4.78 is 17.5. The Morgan fingerprint density at radius 2 is 1.07 bits per heavy atom. The van der Waals surface area contributed by atoms with Gasteiger partial charge in [-0.3, -0.25) is 0 Å². The average Bonchev–Trinajstić information content (AvgIpc) is 3.31. The molecule has 2 amide bonds. The van der Waals surface area contributed by atoms with E-state index in [2.05, 4.69) is 0 Å².